The van der Waals surface area contributed by atoms with Crippen LogP contribution in [0.2, 0.25) is 0 Å². The zero-order valence-corrected chi connectivity index (χ0v) is 18.7. The molecule has 0 radical (unpaired) electrons. The molecule has 0 atom stereocenters. The van der Waals surface area contributed by atoms with E-state index >= 15 is 0 Å². The molecule has 6 nitrogen and oxygen atoms in total. The molecule has 1 aliphatic heterocycles. The summed E-state index contributed by atoms with van der Waals surface area (Å²) in [6.07, 6.45) is 4.53. The molecule has 0 saturated carbocycles. The second-order valence-corrected chi connectivity index (χ2v) is 8.41. The Balaban J connectivity index is 1.42. The Morgan fingerprint density at radius 2 is 1.75 bits per heavy atom. The van der Waals surface area contributed by atoms with Crippen LogP contribution in [0.4, 0.5) is 5.69 Å². The van der Waals surface area contributed by atoms with Gasteiger partial charge in [0.2, 0.25) is 5.91 Å². The Hall–Kier alpha value is -3.25. The molecule has 3 aromatic rings. The van der Waals surface area contributed by atoms with E-state index in [0.717, 1.165) is 67.2 Å². The minimum absolute atomic E-state index is 0.272. The lowest BCUT2D eigenvalue weighted by molar-refractivity contribution is -0.117. The molecule has 1 saturated heterocycles. The van der Waals surface area contributed by atoms with Gasteiger partial charge >= 0.3 is 0 Å². The lowest BCUT2D eigenvalue weighted by atomic mass is 9.98. The predicted octanol–water partition coefficient (Wildman–Crippen LogP) is 2.60. The van der Waals surface area contributed by atoms with E-state index < -0.39 is 0 Å². The molecule has 1 aliphatic rings. The molecular formula is C26H31N5O. The first kappa shape index (κ1) is 22.0. The number of primary amides is 1. The van der Waals surface area contributed by atoms with Crippen molar-refractivity contribution in [3.8, 4) is 0 Å². The van der Waals surface area contributed by atoms with Gasteiger partial charge in [-0.3, -0.25) is 4.79 Å². The summed E-state index contributed by atoms with van der Waals surface area (Å²) in [6, 6.07) is 16.8. The van der Waals surface area contributed by atoms with Crippen molar-refractivity contribution < 1.29 is 4.79 Å². The molecule has 0 unspecified atom stereocenters. The molecule has 3 N–H and O–H groups in total. The van der Waals surface area contributed by atoms with Crippen molar-refractivity contribution in [2.45, 2.75) is 32.6 Å². The first-order valence-corrected chi connectivity index (χ1v) is 11.3. The highest BCUT2D eigenvalue weighted by molar-refractivity contribution is 5.77. The molecule has 2 aromatic carbocycles. The number of nitrogens with one attached hydrogen (secondary N) is 1. The Morgan fingerprint density at radius 1 is 1.03 bits per heavy atom. The number of aromatic nitrogens is 2. The van der Waals surface area contributed by atoms with E-state index in [9.17, 15) is 4.79 Å². The number of nitrogens with two attached hydrogens (primary N) is 1. The standard InChI is InChI=1S/C26H31N5O/c1-19-18-29-26(16-20-6-9-23(10-7-20)31-14-12-28-13-15-31)30-24(19)11-8-21-4-2-3-5-22(21)17-25(27)32/h2-7,9-10,18,28H,8,11-17H2,1H3,(H2,27,32). The smallest absolute Gasteiger partial charge is 0.221 e. The van der Waals surface area contributed by atoms with Gasteiger partial charge in [0.15, 0.2) is 0 Å². The first-order chi connectivity index (χ1) is 15.6. The quantitative estimate of drug-likeness (QED) is 0.575. The third-order valence-electron chi connectivity index (χ3n) is 6.02. The average Bonchev–Trinajstić information content (AvgIpc) is 2.81. The van der Waals surface area contributed by atoms with Gasteiger partial charge in [-0.2, -0.15) is 0 Å². The largest absolute Gasteiger partial charge is 0.369 e. The number of hydrogen-bond donors (Lipinski definition) is 2. The Labute approximate surface area is 189 Å². The maximum atomic E-state index is 11.4. The molecule has 4 rings (SSSR count). The number of anilines is 1. The number of hydrogen-bond acceptors (Lipinski definition) is 5. The number of nitrogens with zero attached hydrogens (tertiary/aromatic N) is 3. The topological polar surface area (TPSA) is 84.1 Å². The van der Waals surface area contributed by atoms with E-state index in [-0.39, 0.29) is 12.3 Å². The van der Waals surface area contributed by atoms with Gasteiger partial charge in [-0.1, -0.05) is 36.4 Å². The second kappa shape index (κ2) is 10.4. The molecule has 0 spiro atoms. The van der Waals surface area contributed by atoms with Gasteiger partial charge < -0.3 is 16.0 Å². The van der Waals surface area contributed by atoms with Crippen LogP contribution >= 0.6 is 0 Å². The van der Waals surface area contributed by atoms with Crippen molar-refractivity contribution in [2.75, 3.05) is 31.1 Å². The highest BCUT2D eigenvalue weighted by atomic mass is 16.1. The highest BCUT2D eigenvalue weighted by Crippen LogP contribution is 2.18. The molecule has 1 amide bonds. The van der Waals surface area contributed by atoms with Crippen molar-refractivity contribution in [2.24, 2.45) is 5.73 Å². The second-order valence-electron chi connectivity index (χ2n) is 8.41. The summed E-state index contributed by atoms with van der Waals surface area (Å²) >= 11 is 0. The Kier molecular flexibility index (Phi) is 7.12. The van der Waals surface area contributed by atoms with Crippen LogP contribution < -0.4 is 16.0 Å². The summed E-state index contributed by atoms with van der Waals surface area (Å²) in [5.74, 6) is 0.534. The van der Waals surface area contributed by atoms with E-state index in [1.165, 1.54) is 11.3 Å². The SMILES string of the molecule is Cc1cnc(Cc2ccc(N3CCNCC3)cc2)nc1CCc1ccccc1CC(N)=O. The Bertz CT molecular complexity index is 1060. The van der Waals surface area contributed by atoms with E-state index in [4.69, 9.17) is 10.7 Å². The normalized spacial score (nSPS) is 13.8. The van der Waals surface area contributed by atoms with E-state index in [1.807, 2.05) is 24.4 Å². The van der Waals surface area contributed by atoms with Crippen LogP contribution in [-0.4, -0.2) is 42.1 Å². The maximum absolute atomic E-state index is 11.4. The summed E-state index contributed by atoms with van der Waals surface area (Å²) < 4.78 is 0. The molecule has 32 heavy (non-hydrogen) atoms. The highest BCUT2D eigenvalue weighted by Gasteiger charge is 2.11. The minimum atomic E-state index is -0.305. The predicted molar refractivity (Wildman–Crippen MR) is 128 cm³/mol. The number of aryl methyl sites for hydroxylation is 3. The van der Waals surface area contributed by atoms with Crippen molar-refractivity contribution in [3.05, 3.63) is 88.5 Å². The molecule has 0 bridgehead atoms. The summed E-state index contributed by atoms with van der Waals surface area (Å²) in [5, 5.41) is 3.39. The summed E-state index contributed by atoms with van der Waals surface area (Å²) in [4.78, 5) is 23.2. The maximum Gasteiger partial charge on any atom is 0.221 e. The molecule has 1 fully saturated rings. The monoisotopic (exact) mass is 429 g/mol. The fraction of sp³-hybridized carbons (Fsp3) is 0.346. The number of piperazine rings is 1. The van der Waals surface area contributed by atoms with Crippen molar-refractivity contribution >= 4 is 11.6 Å². The number of carbonyl (C=O) groups excluding carboxylic acids is 1. The number of rotatable bonds is 8. The first-order valence-electron chi connectivity index (χ1n) is 11.3. The summed E-state index contributed by atoms with van der Waals surface area (Å²) in [6.45, 7) is 6.22. The fourth-order valence-corrected chi connectivity index (χ4v) is 4.20. The molecule has 166 valence electrons. The number of carbonyl (C=O) groups is 1. The molecular weight excluding hydrogens is 398 g/mol. The van der Waals surface area contributed by atoms with E-state index in [0.29, 0.717) is 6.42 Å². The molecule has 1 aromatic heterocycles. The Morgan fingerprint density at radius 3 is 2.47 bits per heavy atom. The zero-order chi connectivity index (χ0) is 22.3. The van der Waals surface area contributed by atoms with Gasteiger partial charge in [0.05, 0.1) is 6.42 Å². The lowest BCUT2D eigenvalue weighted by Crippen LogP contribution is -2.43. The van der Waals surface area contributed by atoms with Crippen LogP contribution in [0.5, 0.6) is 0 Å². The van der Waals surface area contributed by atoms with Crippen LogP contribution in [0.1, 0.15) is 33.8 Å². The van der Waals surface area contributed by atoms with Gasteiger partial charge in [-0.05, 0) is 54.2 Å². The third-order valence-corrected chi connectivity index (χ3v) is 6.02. The van der Waals surface area contributed by atoms with Crippen LogP contribution in [0.15, 0.2) is 54.7 Å². The minimum Gasteiger partial charge on any atom is -0.369 e. The number of benzene rings is 2. The van der Waals surface area contributed by atoms with E-state index in [2.05, 4.69) is 52.5 Å². The van der Waals surface area contributed by atoms with Gasteiger partial charge in [0.1, 0.15) is 5.82 Å². The summed E-state index contributed by atoms with van der Waals surface area (Å²) in [5.41, 5.74) is 12.2. The average molecular weight is 430 g/mol. The van der Waals surface area contributed by atoms with Crippen LogP contribution in [-0.2, 0) is 30.5 Å². The van der Waals surface area contributed by atoms with Gasteiger partial charge in [-0.15, -0.1) is 0 Å². The van der Waals surface area contributed by atoms with Crippen LogP contribution in [0.25, 0.3) is 0 Å². The van der Waals surface area contributed by atoms with E-state index in [1.54, 1.807) is 0 Å². The van der Waals surface area contributed by atoms with Gasteiger partial charge in [0.25, 0.3) is 0 Å². The molecule has 2 heterocycles. The fourth-order valence-electron chi connectivity index (χ4n) is 4.20. The summed E-state index contributed by atoms with van der Waals surface area (Å²) in [7, 11) is 0. The third kappa shape index (κ3) is 5.71. The van der Waals surface area contributed by atoms with Crippen LogP contribution in [0.3, 0.4) is 0 Å². The molecule has 6 heteroatoms. The zero-order valence-electron chi connectivity index (χ0n) is 18.7. The van der Waals surface area contributed by atoms with Crippen molar-refractivity contribution in [1.29, 1.82) is 0 Å². The van der Waals surface area contributed by atoms with Crippen molar-refractivity contribution in [3.63, 3.8) is 0 Å². The van der Waals surface area contributed by atoms with Crippen LogP contribution in [0, 0.1) is 6.92 Å². The molecule has 0 aliphatic carbocycles. The lowest BCUT2D eigenvalue weighted by Gasteiger charge is -2.29. The number of amides is 1. The van der Waals surface area contributed by atoms with Gasteiger partial charge in [-0.25, -0.2) is 9.97 Å². The van der Waals surface area contributed by atoms with Gasteiger partial charge in [0, 0.05) is 50.2 Å². The van der Waals surface area contributed by atoms with Crippen molar-refractivity contribution in [1.82, 2.24) is 15.3 Å².